The number of aliphatic hydroxyl groups is 1. The summed E-state index contributed by atoms with van der Waals surface area (Å²) < 4.78 is 15.6. The Morgan fingerprint density at radius 2 is 1.74 bits per heavy atom. The van der Waals surface area contributed by atoms with Crippen LogP contribution in [0.1, 0.15) is 97.3 Å². The van der Waals surface area contributed by atoms with Crippen molar-refractivity contribution in [3.8, 4) is 0 Å². The van der Waals surface area contributed by atoms with Gasteiger partial charge in [0.15, 0.2) is 11.9 Å². The molecule has 1 saturated carbocycles. The first-order valence-electron chi connectivity index (χ1n) is 13.6. The smallest absolute Gasteiger partial charge is 0.463 e. The fourth-order valence-electron chi connectivity index (χ4n) is 4.77. The molecule has 0 aromatic rings. The summed E-state index contributed by atoms with van der Waals surface area (Å²) in [5.41, 5.74) is 0. The predicted molar refractivity (Wildman–Crippen MR) is 134 cm³/mol. The molecule has 2 rings (SSSR count). The van der Waals surface area contributed by atoms with Crippen LogP contribution in [0, 0.1) is 11.8 Å². The third-order valence-electron chi connectivity index (χ3n) is 6.78. The molecule has 4 unspecified atom stereocenters. The van der Waals surface area contributed by atoms with E-state index < -0.39 is 24.5 Å². The monoisotopic (exact) mass is 492 g/mol. The summed E-state index contributed by atoms with van der Waals surface area (Å²) in [6.45, 7) is 4.75. The zero-order chi connectivity index (χ0) is 25.5. The van der Waals surface area contributed by atoms with Gasteiger partial charge in [-0.15, -0.1) is 0 Å². The lowest BCUT2D eigenvalue weighted by Gasteiger charge is -2.18. The number of carbonyl (C=O) groups excluding carboxylic acids is 3. The zero-order valence-electron chi connectivity index (χ0n) is 21.5. The number of esters is 1. The maximum Gasteiger partial charge on any atom is 0.509 e. The van der Waals surface area contributed by atoms with Gasteiger partial charge < -0.3 is 19.3 Å². The van der Waals surface area contributed by atoms with Gasteiger partial charge in [0.25, 0.3) is 0 Å². The summed E-state index contributed by atoms with van der Waals surface area (Å²) in [6.07, 6.45) is 16.4. The lowest BCUT2D eigenvalue weighted by Crippen LogP contribution is -2.24. The Morgan fingerprint density at radius 1 is 1.00 bits per heavy atom. The van der Waals surface area contributed by atoms with Crippen molar-refractivity contribution < 1.29 is 33.7 Å². The third-order valence-corrected chi connectivity index (χ3v) is 6.78. The molecule has 0 aromatic heterocycles. The minimum atomic E-state index is -0.851. The van der Waals surface area contributed by atoms with E-state index in [1.54, 1.807) is 6.08 Å². The fourth-order valence-corrected chi connectivity index (χ4v) is 4.77. The van der Waals surface area contributed by atoms with Crippen molar-refractivity contribution in [2.75, 3.05) is 6.61 Å². The molecule has 5 atom stereocenters. The molecule has 7 nitrogen and oxygen atoms in total. The highest BCUT2D eigenvalue weighted by Crippen LogP contribution is 2.41. The zero-order valence-corrected chi connectivity index (χ0v) is 21.5. The number of rotatable bonds is 18. The van der Waals surface area contributed by atoms with Crippen molar-refractivity contribution in [3.05, 3.63) is 24.3 Å². The molecule has 1 saturated heterocycles. The molecular formula is C28H44O7. The van der Waals surface area contributed by atoms with Gasteiger partial charge in [0.2, 0.25) is 6.10 Å². The van der Waals surface area contributed by atoms with Gasteiger partial charge in [0.05, 0.1) is 12.7 Å². The number of hydrogen-bond acceptors (Lipinski definition) is 7. The van der Waals surface area contributed by atoms with E-state index in [0.717, 1.165) is 51.4 Å². The highest BCUT2D eigenvalue weighted by Gasteiger charge is 2.56. The highest BCUT2D eigenvalue weighted by molar-refractivity contribution is 5.92. The molecule has 0 aromatic carbocycles. The predicted octanol–water partition coefficient (Wildman–Crippen LogP) is 5.83. The van der Waals surface area contributed by atoms with Crippen LogP contribution in [0.3, 0.4) is 0 Å². The van der Waals surface area contributed by atoms with Gasteiger partial charge in [0.1, 0.15) is 0 Å². The summed E-state index contributed by atoms with van der Waals surface area (Å²) >= 11 is 0. The number of hydrogen-bond donors (Lipinski definition) is 1. The van der Waals surface area contributed by atoms with E-state index in [4.69, 9.17) is 14.2 Å². The summed E-state index contributed by atoms with van der Waals surface area (Å²) in [6, 6.07) is 0. The topological polar surface area (TPSA) is 99.1 Å². The summed E-state index contributed by atoms with van der Waals surface area (Å²) in [5, 5.41) is 10.2. The Kier molecular flexibility index (Phi) is 13.7. The van der Waals surface area contributed by atoms with Crippen LogP contribution in [0.5, 0.6) is 0 Å². The van der Waals surface area contributed by atoms with E-state index in [1.165, 1.54) is 25.3 Å². The van der Waals surface area contributed by atoms with Crippen LogP contribution in [0.15, 0.2) is 24.3 Å². The van der Waals surface area contributed by atoms with Crippen molar-refractivity contribution in [2.45, 2.75) is 116 Å². The van der Waals surface area contributed by atoms with Crippen molar-refractivity contribution in [3.63, 3.8) is 0 Å². The van der Waals surface area contributed by atoms with E-state index in [1.807, 2.05) is 12.2 Å². The number of unbranched alkanes of at least 4 members (excludes halogenated alkanes) is 8. The molecule has 0 bridgehead atoms. The number of ketones is 1. The van der Waals surface area contributed by atoms with E-state index in [9.17, 15) is 19.5 Å². The van der Waals surface area contributed by atoms with Crippen LogP contribution in [0.2, 0.25) is 0 Å². The quantitative estimate of drug-likeness (QED) is 0.111. The number of allylic oxidation sites excluding steroid dienone is 1. The van der Waals surface area contributed by atoms with E-state index in [-0.39, 0.29) is 23.6 Å². The Labute approximate surface area is 210 Å². The minimum Gasteiger partial charge on any atom is -0.463 e. The van der Waals surface area contributed by atoms with Crippen molar-refractivity contribution in [1.82, 2.24) is 0 Å². The van der Waals surface area contributed by atoms with E-state index in [2.05, 4.69) is 13.8 Å². The normalized spacial score (nSPS) is 24.7. The molecule has 0 radical (unpaired) electrons. The second-order valence-corrected chi connectivity index (χ2v) is 9.67. The number of fused-ring (bicyclic) bond motifs is 1. The van der Waals surface area contributed by atoms with Crippen LogP contribution >= 0.6 is 0 Å². The SMILES string of the molecule is CCCCCCCOC(=O)C=CCCCCC1C(=O)C2OC(=O)OC2C1/C=C/[C@@H](O)CCCCC. The Morgan fingerprint density at radius 3 is 2.51 bits per heavy atom. The third kappa shape index (κ3) is 10.2. The second kappa shape index (κ2) is 16.5. The maximum absolute atomic E-state index is 12.9. The first-order chi connectivity index (χ1) is 17.0. The van der Waals surface area contributed by atoms with Gasteiger partial charge in [-0.2, -0.15) is 0 Å². The van der Waals surface area contributed by atoms with Crippen LogP contribution < -0.4 is 0 Å². The Balaban J connectivity index is 1.74. The van der Waals surface area contributed by atoms with Crippen molar-refractivity contribution >= 4 is 17.9 Å². The summed E-state index contributed by atoms with van der Waals surface area (Å²) in [5.74, 6) is -1.00. The summed E-state index contributed by atoms with van der Waals surface area (Å²) in [4.78, 5) is 36.2. The number of Topliss-reactive ketones (excluding diaryl/α,β-unsaturated/α-hetero) is 1. The average molecular weight is 493 g/mol. The lowest BCUT2D eigenvalue weighted by molar-refractivity contribution is -0.137. The van der Waals surface area contributed by atoms with Crippen LogP contribution in [-0.4, -0.2) is 47.9 Å². The van der Waals surface area contributed by atoms with Crippen LogP contribution in [0.4, 0.5) is 4.79 Å². The molecule has 1 heterocycles. The lowest BCUT2D eigenvalue weighted by atomic mass is 9.88. The van der Waals surface area contributed by atoms with Gasteiger partial charge in [-0.1, -0.05) is 83.4 Å². The minimum absolute atomic E-state index is 0.103. The molecule has 1 aliphatic carbocycles. The summed E-state index contributed by atoms with van der Waals surface area (Å²) in [7, 11) is 0. The van der Waals surface area contributed by atoms with E-state index in [0.29, 0.717) is 19.4 Å². The Hall–Kier alpha value is -2.15. The van der Waals surface area contributed by atoms with Gasteiger partial charge in [0, 0.05) is 17.9 Å². The maximum atomic E-state index is 12.9. The molecule has 0 amide bonds. The molecule has 2 aliphatic rings. The van der Waals surface area contributed by atoms with Crippen molar-refractivity contribution in [1.29, 1.82) is 0 Å². The van der Waals surface area contributed by atoms with Gasteiger partial charge in [-0.3, -0.25) is 4.79 Å². The highest BCUT2D eigenvalue weighted by atomic mass is 16.8. The second-order valence-electron chi connectivity index (χ2n) is 9.67. The Bertz CT molecular complexity index is 714. The van der Waals surface area contributed by atoms with Crippen LogP contribution in [-0.2, 0) is 23.8 Å². The largest absolute Gasteiger partial charge is 0.509 e. The number of aliphatic hydroxyl groups excluding tert-OH is 1. The number of carbonyl (C=O) groups is 3. The van der Waals surface area contributed by atoms with Crippen molar-refractivity contribution in [2.24, 2.45) is 11.8 Å². The first kappa shape index (κ1) is 29.1. The van der Waals surface area contributed by atoms with Gasteiger partial charge in [-0.05, 0) is 32.1 Å². The molecule has 7 heteroatoms. The molecule has 1 N–H and O–H groups in total. The molecular weight excluding hydrogens is 448 g/mol. The fraction of sp³-hybridized carbons (Fsp3) is 0.750. The molecule has 35 heavy (non-hydrogen) atoms. The van der Waals surface area contributed by atoms with Gasteiger partial charge in [-0.25, -0.2) is 9.59 Å². The average Bonchev–Trinajstić information content (AvgIpc) is 3.33. The van der Waals surface area contributed by atoms with Gasteiger partial charge >= 0.3 is 12.1 Å². The first-order valence-corrected chi connectivity index (χ1v) is 13.6. The standard InChI is InChI=1S/C28H44O7/c1-3-5-7-10-14-20-33-24(30)17-13-9-8-12-16-22-23(19-18-21(29)15-11-6-4-2)26-27(25(22)31)35-28(32)34-26/h13,17-19,21-23,26-27,29H,3-12,14-16,20H2,1-2H3/b17-13?,19-18+/t21-,22?,23?,26?,27?/m0/s1. The van der Waals surface area contributed by atoms with Crippen LogP contribution in [0.25, 0.3) is 0 Å². The molecule has 2 fully saturated rings. The molecule has 1 aliphatic heterocycles. The molecule has 0 spiro atoms. The van der Waals surface area contributed by atoms with E-state index >= 15 is 0 Å². The molecule has 198 valence electrons. The number of ether oxygens (including phenoxy) is 3.